The number of sulfonamides is 1. The molecule has 2 N–H and O–H groups in total. The van der Waals surface area contributed by atoms with Gasteiger partial charge in [0.25, 0.3) is 5.91 Å². The molecule has 1 fully saturated rings. The SMILES string of the molecule is Cc1ccc(Cl)cc1NC(=O)C[NH+]1CCN(S(=O)(=O)c2ccc3ccccc3c2)CC1. The zero-order valence-electron chi connectivity index (χ0n) is 17.3. The molecule has 0 saturated carbocycles. The Balaban J connectivity index is 1.37. The van der Waals surface area contributed by atoms with Gasteiger partial charge in [-0.2, -0.15) is 4.31 Å². The quantitative estimate of drug-likeness (QED) is 0.616. The lowest BCUT2D eigenvalue weighted by atomic mass is 10.1. The standard InChI is InChI=1S/C23H24ClN3O3S/c1-17-6-8-20(24)15-22(17)25-23(28)16-26-10-12-27(13-11-26)31(29,30)21-9-7-18-4-2-3-5-19(18)14-21/h2-9,14-15H,10-13,16H2,1H3,(H,25,28)/p+1. The molecule has 8 heteroatoms. The van der Waals surface area contributed by atoms with Gasteiger partial charge < -0.3 is 10.2 Å². The Morgan fingerprint density at radius 3 is 2.48 bits per heavy atom. The highest BCUT2D eigenvalue weighted by Gasteiger charge is 2.31. The summed E-state index contributed by atoms with van der Waals surface area (Å²) in [6, 6.07) is 18.3. The number of amides is 1. The van der Waals surface area contributed by atoms with Crippen LogP contribution in [0.25, 0.3) is 10.8 Å². The number of halogens is 1. The van der Waals surface area contributed by atoms with Crippen LogP contribution in [0.4, 0.5) is 5.69 Å². The summed E-state index contributed by atoms with van der Waals surface area (Å²) < 4.78 is 27.7. The Morgan fingerprint density at radius 1 is 1.03 bits per heavy atom. The van der Waals surface area contributed by atoms with E-state index in [1.807, 2.05) is 43.3 Å². The van der Waals surface area contributed by atoms with Crippen molar-refractivity contribution in [2.45, 2.75) is 11.8 Å². The molecule has 0 aromatic heterocycles. The van der Waals surface area contributed by atoms with Crippen LogP contribution in [-0.2, 0) is 14.8 Å². The molecule has 0 aliphatic carbocycles. The molecule has 3 aromatic carbocycles. The predicted octanol–water partition coefficient (Wildman–Crippen LogP) is 2.33. The zero-order valence-corrected chi connectivity index (χ0v) is 18.8. The molecule has 1 amide bonds. The number of benzene rings is 3. The first kappa shape index (κ1) is 21.8. The largest absolute Gasteiger partial charge is 0.325 e. The number of fused-ring (bicyclic) bond motifs is 1. The van der Waals surface area contributed by atoms with Crippen molar-refractivity contribution in [1.29, 1.82) is 0 Å². The number of piperazine rings is 1. The van der Waals surface area contributed by atoms with Crippen molar-refractivity contribution >= 4 is 44.0 Å². The van der Waals surface area contributed by atoms with Crippen LogP contribution in [0, 0.1) is 6.92 Å². The Hall–Kier alpha value is -2.45. The molecule has 6 nitrogen and oxygen atoms in total. The number of carbonyl (C=O) groups excluding carboxylic acids is 1. The average molecular weight is 459 g/mol. The number of anilines is 1. The van der Waals surface area contributed by atoms with Gasteiger partial charge in [0.05, 0.1) is 31.1 Å². The molecule has 4 rings (SSSR count). The third-order valence-electron chi connectivity index (χ3n) is 5.67. The van der Waals surface area contributed by atoms with Crippen LogP contribution in [0.2, 0.25) is 5.02 Å². The zero-order chi connectivity index (χ0) is 22.0. The molecule has 1 aliphatic heterocycles. The lowest BCUT2D eigenvalue weighted by Crippen LogP contribution is -3.15. The third-order valence-corrected chi connectivity index (χ3v) is 7.80. The monoisotopic (exact) mass is 458 g/mol. The van der Waals surface area contributed by atoms with E-state index in [2.05, 4.69) is 5.32 Å². The lowest BCUT2D eigenvalue weighted by Gasteiger charge is -2.31. The Kier molecular flexibility index (Phi) is 6.29. The lowest BCUT2D eigenvalue weighted by molar-refractivity contribution is -0.895. The predicted molar refractivity (Wildman–Crippen MR) is 123 cm³/mol. The van der Waals surface area contributed by atoms with Gasteiger partial charge in [-0.3, -0.25) is 4.79 Å². The maximum absolute atomic E-state index is 13.1. The Labute approximate surface area is 187 Å². The number of aryl methyl sites for hydroxylation is 1. The van der Waals surface area contributed by atoms with Crippen LogP contribution in [0.1, 0.15) is 5.56 Å². The summed E-state index contributed by atoms with van der Waals surface area (Å²) in [6.45, 7) is 4.12. The third kappa shape index (κ3) is 4.91. The highest BCUT2D eigenvalue weighted by atomic mass is 35.5. The number of rotatable bonds is 5. The van der Waals surface area contributed by atoms with Crippen LogP contribution in [-0.4, -0.2) is 51.4 Å². The van der Waals surface area contributed by atoms with Crippen molar-refractivity contribution in [3.8, 4) is 0 Å². The normalized spacial score (nSPS) is 15.8. The number of nitrogens with one attached hydrogen (secondary N) is 2. The summed E-state index contributed by atoms with van der Waals surface area (Å²) in [6.07, 6.45) is 0. The summed E-state index contributed by atoms with van der Waals surface area (Å²) in [5, 5.41) is 5.39. The van der Waals surface area contributed by atoms with Gasteiger partial charge in [0.2, 0.25) is 10.0 Å². The van der Waals surface area contributed by atoms with E-state index in [4.69, 9.17) is 11.6 Å². The van der Waals surface area contributed by atoms with Gasteiger partial charge in [-0.05, 0) is 47.5 Å². The first-order valence-corrected chi connectivity index (χ1v) is 12.0. The van der Waals surface area contributed by atoms with Crippen LogP contribution >= 0.6 is 11.6 Å². The minimum Gasteiger partial charge on any atom is -0.325 e. The van der Waals surface area contributed by atoms with Crippen molar-refractivity contribution in [1.82, 2.24) is 4.31 Å². The average Bonchev–Trinajstić information content (AvgIpc) is 2.76. The molecule has 3 aromatic rings. The van der Waals surface area contributed by atoms with Crippen molar-refractivity contribution in [2.75, 3.05) is 38.0 Å². The Bertz CT molecular complexity index is 1220. The molecule has 0 atom stereocenters. The van der Waals surface area contributed by atoms with Gasteiger partial charge in [0.15, 0.2) is 6.54 Å². The first-order chi connectivity index (χ1) is 14.8. The summed E-state index contributed by atoms with van der Waals surface area (Å²) in [7, 11) is -3.56. The van der Waals surface area contributed by atoms with E-state index in [9.17, 15) is 13.2 Å². The van der Waals surface area contributed by atoms with Crippen molar-refractivity contribution in [3.05, 3.63) is 71.2 Å². The van der Waals surface area contributed by atoms with E-state index in [1.165, 1.54) is 4.31 Å². The maximum atomic E-state index is 13.1. The van der Waals surface area contributed by atoms with Gasteiger partial charge in [-0.15, -0.1) is 0 Å². The molecular weight excluding hydrogens is 434 g/mol. The number of carbonyl (C=O) groups is 1. The second-order valence-electron chi connectivity index (χ2n) is 7.85. The van der Waals surface area contributed by atoms with E-state index in [0.29, 0.717) is 41.8 Å². The highest BCUT2D eigenvalue weighted by Crippen LogP contribution is 2.22. The highest BCUT2D eigenvalue weighted by molar-refractivity contribution is 7.89. The summed E-state index contributed by atoms with van der Waals surface area (Å²) in [5.74, 6) is -0.105. The second-order valence-corrected chi connectivity index (χ2v) is 10.2. The van der Waals surface area contributed by atoms with Crippen LogP contribution < -0.4 is 10.2 Å². The fraction of sp³-hybridized carbons (Fsp3) is 0.261. The minimum atomic E-state index is -3.56. The molecule has 1 saturated heterocycles. The summed E-state index contributed by atoms with van der Waals surface area (Å²) in [5.41, 5.74) is 1.65. The second kappa shape index (κ2) is 8.96. The van der Waals surface area contributed by atoms with Gasteiger partial charge in [0.1, 0.15) is 0 Å². The molecule has 1 heterocycles. The summed E-state index contributed by atoms with van der Waals surface area (Å²) >= 11 is 6.01. The van der Waals surface area contributed by atoms with Crippen molar-refractivity contribution in [2.24, 2.45) is 0 Å². The van der Waals surface area contributed by atoms with Crippen LogP contribution in [0.15, 0.2) is 65.6 Å². The smallest absolute Gasteiger partial charge is 0.279 e. The molecule has 0 unspecified atom stereocenters. The number of hydrogen-bond donors (Lipinski definition) is 2. The molecular formula is C23H25ClN3O3S+. The molecule has 0 radical (unpaired) electrons. The molecule has 31 heavy (non-hydrogen) atoms. The molecule has 0 bridgehead atoms. The van der Waals surface area contributed by atoms with Gasteiger partial charge in [-0.25, -0.2) is 8.42 Å². The van der Waals surface area contributed by atoms with Gasteiger partial charge in [0, 0.05) is 10.7 Å². The number of quaternary nitrogens is 1. The molecule has 0 spiro atoms. The van der Waals surface area contributed by atoms with Gasteiger partial charge in [-0.1, -0.05) is 48.0 Å². The number of hydrogen-bond acceptors (Lipinski definition) is 3. The number of nitrogens with zero attached hydrogens (tertiary/aromatic N) is 1. The fourth-order valence-corrected chi connectivity index (χ4v) is 5.50. The summed E-state index contributed by atoms with van der Waals surface area (Å²) in [4.78, 5) is 13.8. The van der Waals surface area contributed by atoms with E-state index in [0.717, 1.165) is 21.2 Å². The van der Waals surface area contributed by atoms with Crippen LogP contribution in [0.5, 0.6) is 0 Å². The molecule has 162 valence electrons. The van der Waals surface area contributed by atoms with Crippen LogP contribution in [0.3, 0.4) is 0 Å². The topological polar surface area (TPSA) is 70.9 Å². The maximum Gasteiger partial charge on any atom is 0.279 e. The minimum absolute atomic E-state index is 0.105. The van der Waals surface area contributed by atoms with E-state index < -0.39 is 10.0 Å². The fourth-order valence-electron chi connectivity index (χ4n) is 3.85. The van der Waals surface area contributed by atoms with E-state index in [-0.39, 0.29) is 12.5 Å². The van der Waals surface area contributed by atoms with E-state index >= 15 is 0 Å². The van der Waals surface area contributed by atoms with E-state index in [1.54, 1.807) is 24.3 Å². The molecule has 1 aliphatic rings. The van der Waals surface area contributed by atoms with Crippen molar-refractivity contribution < 1.29 is 18.1 Å². The van der Waals surface area contributed by atoms with Gasteiger partial charge >= 0.3 is 0 Å². The first-order valence-electron chi connectivity index (χ1n) is 10.2. The van der Waals surface area contributed by atoms with Crippen molar-refractivity contribution in [3.63, 3.8) is 0 Å². The Morgan fingerprint density at radius 2 is 1.74 bits per heavy atom.